The van der Waals surface area contributed by atoms with Crippen molar-refractivity contribution in [1.82, 2.24) is 9.21 Å². The van der Waals surface area contributed by atoms with E-state index >= 15 is 0 Å². The van der Waals surface area contributed by atoms with Gasteiger partial charge < -0.3 is 14.4 Å². The predicted octanol–water partition coefficient (Wildman–Crippen LogP) is 3.97. The molecule has 0 saturated carbocycles. The molecule has 0 N–H and O–H groups in total. The van der Waals surface area contributed by atoms with E-state index in [1.54, 1.807) is 30.0 Å². The van der Waals surface area contributed by atoms with E-state index in [-0.39, 0.29) is 29.2 Å². The Hall–Kier alpha value is -2.62. The average Bonchev–Trinajstić information content (AvgIpc) is 2.85. The molecule has 0 unspecified atom stereocenters. The SMILES string of the molecule is CCOC(=O)C1CCN(C(=O)c2ccc(OCC)c(CN(C)S(=O)(=O)c3ccc(Cl)cc3)c2)CC1. The highest BCUT2D eigenvalue weighted by Gasteiger charge is 2.29. The molecule has 0 atom stereocenters. The third kappa shape index (κ3) is 6.54. The van der Waals surface area contributed by atoms with Crippen molar-refractivity contribution in [2.45, 2.75) is 38.1 Å². The summed E-state index contributed by atoms with van der Waals surface area (Å²) in [6.07, 6.45) is 1.10. The minimum absolute atomic E-state index is 0.0202. The number of sulfonamides is 1. The minimum atomic E-state index is -3.78. The maximum absolute atomic E-state index is 13.2. The Morgan fingerprint density at radius 3 is 2.31 bits per heavy atom. The molecule has 0 spiro atoms. The van der Waals surface area contributed by atoms with Gasteiger partial charge >= 0.3 is 5.97 Å². The van der Waals surface area contributed by atoms with Gasteiger partial charge in [0.15, 0.2) is 0 Å². The lowest BCUT2D eigenvalue weighted by molar-refractivity contribution is -0.149. The van der Waals surface area contributed by atoms with Gasteiger partial charge in [0.25, 0.3) is 5.91 Å². The zero-order valence-corrected chi connectivity index (χ0v) is 21.8. The molecule has 0 radical (unpaired) electrons. The fraction of sp³-hybridized carbons (Fsp3) is 0.440. The summed E-state index contributed by atoms with van der Waals surface area (Å²) in [5, 5.41) is 0.447. The number of esters is 1. The third-order valence-electron chi connectivity index (χ3n) is 5.92. The number of ether oxygens (including phenoxy) is 2. The van der Waals surface area contributed by atoms with Crippen LogP contribution in [0.25, 0.3) is 0 Å². The Bertz CT molecular complexity index is 1150. The Kier molecular flexibility index (Phi) is 9.15. The molecule has 3 rings (SSSR count). The fourth-order valence-corrected chi connectivity index (χ4v) is 5.28. The molecular formula is C25H31ClN2O6S. The Balaban J connectivity index is 1.77. The normalized spacial score (nSPS) is 14.7. The van der Waals surface area contributed by atoms with Crippen LogP contribution in [0, 0.1) is 5.92 Å². The average molecular weight is 523 g/mol. The zero-order chi connectivity index (χ0) is 25.6. The number of likely N-dealkylation sites (tertiary alicyclic amines) is 1. The standard InChI is InChI=1S/C25H31ClN2O6S/c1-4-33-23-11-6-19(24(29)28-14-12-18(13-15-28)25(30)34-5-2)16-20(23)17-27(3)35(31,32)22-9-7-21(26)8-10-22/h6-11,16,18H,4-5,12-15,17H2,1-3H3. The number of halogens is 1. The first kappa shape index (κ1) is 27.0. The number of hydrogen-bond donors (Lipinski definition) is 0. The summed E-state index contributed by atoms with van der Waals surface area (Å²) in [5.74, 6) is -0.0578. The summed E-state index contributed by atoms with van der Waals surface area (Å²) in [6, 6.07) is 11.0. The van der Waals surface area contributed by atoms with Crippen molar-refractivity contribution in [2.75, 3.05) is 33.4 Å². The van der Waals surface area contributed by atoms with Gasteiger partial charge in [0, 0.05) is 42.8 Å². The van der Waals surface area contributed by atoms with Crippen LogP contribution in [-0.4, -0.2) is 62.9 Å². The molecule has 1 aliphatic rings. The van der Waals surface area contributed by atoms with Gasteiger partial charge in [0.1, 0.15) is 5.75 Å². The quantitative estimate of drug-likeness (QED) is 0.462. The first-order valence-corrected chi connectivity index (χ1v) is 13.4. The maximum atomic E-state index is 13.2. The first-order chi connectivity index (χ1) is 16.7. The van der Waals surface area contributed by atoms with Gasteiger partial charge in [-0.1, -0.05) is 11.6 Å². The molecule has 8 nitrogen and oxygen atoms in total. The van der Waals surface area contributed by atoms with E-state index in [1.807, 2.05) is 6.92 Å². The first-order valence-electron chi connectivity index (χ1n) is 11.6. The second-order valence-corrected chi connectivity index (χ2v) is 10.8. The molecule has 10 heteroatoms. The van der Waals surface area contributed by atoms with Crippen LogP contribution in [0.1, 0.15) is 42.6 Å². The molecule has 2 aromatic carbocycles. The molecule has 0 aliphatic carbocycles. The van der Waals surface area contributed by atoms with E-state index in [2.05, 4.69) is 0 Å². The second-order valence-electron chi connectivity index (χ2n) is 8.29. The summed E-state index contributed by atoms with van der Waals surface area (Å²) in [5.41, 5.74) is 1.02. The summed E-state index contributed by atoms with van der Waals surface area (Å²) >= 11 is 5.89. The summed E-state index contributed by atoms with van der Waals surface area (Å²) < 4.78 is 38.1. The van der Waals surface area contributed by atoms with Crippen LogP contribution in [0.5, 0.6) is 5.75 Å². The largest absolute Gasteiger partial charge is 0.494 e. The topological polar surface area (TPSA) is 93.2 Å². The van der Waals surface area contributed by atoms with Crippen molar-refractivity contribution in [3.8, 4) is 5.75 Å². The van der Waals surface area contributed by atoms with Crippen molar-refractivity contribution in [3.05, 3.63) is 58.6 Å². The highest BCUT2D eigenvalue weighted by Crippen LogP contribution is 2.27. The molecule has 1 amide bonds. The molecule has 0 aromatic heterocycles. The molecule has 2 aromatic rings. The van der Waals surface area contributed by atoms with Crippen LogP contribution < -0.4 is 4.74 Å². The van der Waals surface area contributed by atoms with Crippen molar-refractivity contribution in [1.29, 1.82) is 0 Å². The minimum Gasteiger partial charge on any atom is -0.494 e. The number of rotatable bonds is 9. The number of nitrogens with zero attached hydrogens (tertiary/aromatic N) is 2. The highest BCUT2D eigenvalue weighted by molar-refractivity contribution is 7.89. The molecule has 1 saturated heterocycles. The highest BCUT2D eigenvalue weighted by atomic mass is 35.5. The number of carbonyl (C=O) groups excluding carboxylic acids is 2. The molecule has 190 valence electrons. The summed E-state index contributed by atoms with van der Waals surface area (Å²) in [7, 11) is -2.30. The fourth-order valence-electron chi connectivity index (χ4n) is 4.00. The summed E-state index contributed by atoms with van der Waals surface area (Å²) in [4.78, 5) is 27.0. The molecule has 0 bridgehead atoms. The molecule has 35 heavy (non-hydrogen) atoms. The number of hydrogen-bond acceptors (Lipinski definition) is 6. The Morgan fingerprint density at radius 2 is 1.71 bits per heavy atom. The van der Waals surface area contributed by atoms with Crippen LogP contribution in [-0.2, 0) is 26.1 Å². The predicted molar refractivity (Wildman–Crippen MR) is 133 cm³/mol. The van der Waals surface area contributed by atoms with Gasteiger partial charge in [-0.3, -0.25) is 9.59 Å². The monoisotopic (exact) mass is 522 g/mol. The van der Waals surface area contributed by atoms with E-state index in [1.165, 1.54) is 35.6 Å². The number of amides is 1. The second kappa shape index (κ2) is 11.9. The molecule has 1 fully saturated rings. The van der Waals surface area contributed by atoms with E-state index < -0.39 is 10.0 Å². The van der Waals surface area contributed by atoms with Gasteiger partial charge in [-0.15, -0.1) is 0 Å². The van der Waals surface area contributed by atoms with E-state index in [0.29, 0.717) is 61.0 Å². The van der Waals surface area contributed by atoms with Crippen LogP contribution in [0.3, 0.4) is 0 Å². The van der Waals surface area contributed by atoms with Gasteiger partial charge in [-0.05, 0) is 69.2 Å². The van der Waals surface area contributed by atoms with Crippen LogP contribution in [0.2, 0.25) is 5.02 Å². The lowest BCUT2D eigenvalue weighted by atomic mass is 9.96. The van der Waals surface area contributed by atoms with E-state index in [9.17, 15) is 18.0 Å². The number of benzene rings is 2. The van der Waals surface area contributed by atoms with Gasteiger partial charge in [-0.2, -0.15) is 4.31 Å². The van der Waals surface area contributed by atoms with E-state index in [4.69, 9.17) is 21.1 Å². The molecule has 1 heterocycles. The zero-order valence-electron chi connectivity index (χ0n) is 20.2. The van der Waals surface area contributed by atoms with Crippen LogP contribution >= 0.6 is 11.6 Å². The van der Waals surface area contributed by atoms with Crippen LogP contribution in [0.15, 0.2) is 47.4 Å². The van der Waals surface area contributed by atoms with Gasteiger partial charge in [0.05, 0.1) is 24.0 Å². The number of carbonyl (C=O) groups is 2. The summed E-state index contributed by atoms with van der Waals surface area (Å²) in [6.45, 7) is 5.28. The van der Waals surface area contributed by atoms with Crippen molar-refractivity contribution >= 4 is 33.5 Å². The van der Waals surface area contributed by atoms with Gasteiger partial charge in [-0.25, -0.2) is 8.42 Å². The lowest BCUT2D eigenvalue weighted by Crippen LogP contribution is -2.40. The van der Waals surface area contributed by atoms with Crippen molar-refractivity contribution in [2.24, 2.45) is 5.92 Å². The van der Waals surface area contributed by atoms with Crippen molar-refractivity contribution < 1.29 is 27.5 Å². The van der Waals surface area contributed by atoms with Crippen LogP contribution in [0.4, 0.5) is 0 Å². The Morgan fingerprint density at radius 1 is 1.06 bits per heavy atom. The third-order valence-corrected chi connectivity index (χ3v) is 7.99. The maximum Gasteiger partial charge on any atom is 0.309 e. The van der Waals surface area contributed by atoms with Crippen molar-refractivity contribution in [3.63, 3.8) is 0 Å². The number of piperidine rings is 1. The smallest absolute Gasteiger partial charge is 0.309 e. The molecular weight excluding hydrogens is 492 g/mol. The molecule has 1 aliphatic heterocycles. The van der Waals surface area contributed by atoms with E-state index in [0.717, 1.165) is 0 Å². The van der Waals surface area contributed by atoms with Gasteiger partial charge in [0.2, 0.25) is 10.0 Å². The Labute approximate surface area is 211 Å². The lowest BCUT2D eigenvalue weighted by Gasteiger charge is -2.31.